The van der Waals surface area contributed by atoms with Crippen LogP contribution in [0.3, 0.4) is 0 Å². The van der Waals surface area contributed by atoms with Crippen molar-refractivity contribution in [1.29, 1.82) is 0 Å². The predicted octanol–water partition coefficient (Wildman–Crippen LogP) is 5.93. The molecule has 100 valence electrons. The fraction of sp³-hybridized carbons (Fsp3) is 0.667. The van der Waals surface area contributed by atoms with Crippen molar-refractivity contribution in [1.82, 2.24) is 0 Å². The third-order valence-electron chi connectivity index (χ3n) is 4.85. The third-order valence-corrected chi connectivity index (χ3v) is 4.85. The second-order valence-corrected chi connectivity index (χ2v) is 6.45. The molecule has 0 N–H and O–H groups in total. The highest BCUT2D eigenvalue weighted by Crippen LogP contribution is 2.45. The average molecular weight is 244 g/mol. The molecule has 1 aliphatic carbocycles. The highest BCUT2D eigenvalue weighted by atomic mass is 14.4. The van der Waals surface area contributed by atoms with Crippen LogP contribution in [0.1, 0.15) is 76.7 Å². The first-order valence-electron chi connectivity index (χ1n) is 7.78. The molecule has 0 amide bonds. The van der Waals surface area contributed by atoms with Gasteiger partial charge in [0.15, 0.2) is 0 Å². The van der Waals surface area contributed by atoms with Crippen LogP contribution in [-0.2, 0) is 0 Å². The highest BCUT2D eigenvalue weighted by molar-refractivity contribution is 5.20. The SMILES string of the molecule is CCCCCC1(C)CCC(c2ccccc2)CC1. The van der Waals surface area contributed by atoms with E-state index in [-0.39, 0.29) is 0 Å². The van der Waals surface area contributed by atoms with E-state index in [2.05, 4.69) is 44.2 Å². The van der Waals surface area contributed by atoms with Gasteiger partial charge in [-0.2, -0.15) is 0 Å². The molecule has 0 radical (unpaired) electrons. The van der Waals surface area contributed by atoms with Crippen molar-refractivity contribution in [2.24, 2.45) is 5.41 Å². The monoisotopic (exact) mass is 244 g/mol. The van der Waals surface area contributed by atoms with E-state index in [0.717, 1.165) is 5.92 Å². The van der Waals surface area contributed by atoms with Gasteiger partial charge in [0, 0.05) is 0 Å². The Kier molecular flexibility index (Phi) is 4.86. The van der Waals surface area contributed by atoms with Gasteiger partial charge in [0.1, 0.15) is 0 Å². The molecule has 0 atom stereocenters. The van der Waals surface area contributed by atoms with Crippen LogP contribution in [0.2, 0.25) is 0 Å². The van der Waals surface area contributed by atoms with Crippen LogP contribution < -0.4 is 0 Å². The quantitative estimate of drug-likeness (QED) is 0.563. The lowest BCUT2D eigenvalue weighted by molar-refractivity contribution is 0.178. The fourth-order valence-electron chi connectivity index (χ4n) is 3.43. The summed E-state index contributed by atoms with van der Waals surface area (Å²) in [7, 11) is 0. The van der Waals surface area contributed by atoms with Crippen LogP contribution in [0.4, 0.5) is 0 Å². The summed E-state index contributed by atoms with van der Waals surface area (Å²) in [6.45, 7) is 4.82. The van der Waals surface area contributed by atoms with Gasteiger partial charge in [-0.05, 0) is 49.0 Å². The Labute approximate surface area is 113 Å². The molecule has 1 saturated carbocycles. The molecular weight excluding hydrogens is 216 g/mol. The Bertz CT molecular complexity index is 330. The van der Waals surface area contributed by atoms with Crippen molar-refractivity contribution in [3.63, 3.8) is 0 Å². The van der Waals surface area contributed by atoms with E-state index in [4.69, 9.17) is 0 Å². The van der Waals surface area contributed by atoms with E-state index >= 15 is 0 Å². The summed E-state index contributed by atoms with van der Waals surface area (Å²) >= 11 is 0. The third kappa shape index (κ3) is 3.60. The smallest absolute Gasteiger partial charge is 0.0162 e. The maximum Gasteiger partial charge on any atom is -0.0162 e. The molecule has 0 unspecified atom stereocenters. The number of unbranched alkanes of at least 4 members (excludes halogenated alkanes) is 2. The first-order valence-corrected chi connectivity index (χ1v) is 7.78. The van der Waals surface area contributed by atoms with Crippen molar-refractivity contribution in [2.75, 3.05) is 0 Å². The Morgan fingerprint density at radius 2 is 1.72 bits per heavy atom. The zero-order valence-electron chi connectivity index (χ0n) is 12.1. The summed E-state index contributed by atoms with van der Waals surface area (Å²) < 4.78 is 0. The van der Waals surface area contributed by atoms with Crippen LogP contribution in [0, 0.1) is 5.41 Å². The van der Waals surface area contributed by atoms with Gasteiger partial charge in [-0.15, -0.1) is 0 Å². The fourth-order valence-corrected chi connectivity index (χ4v) is 3.43. The minimum absolute atomic E-state index is 0.639. The molecule has 0 heterocycles. The molecule has 0 nitrogen and oxygen atoms in total. The highest BCUT2D eigenvalue weighted by Gasteiger charge is 2.30. The molecule has 0 bridgehead atoms. The van der Waals surface area contributed by atoms with Crippen molar-refractivity contribution >= 4 is 0 Å². The molecule has 1 aromatic rings. The van der Waals surface area contributed by atoms with Crippen LogP contribution in [0.25, 0.3) is 0 Å². The Morgan fingerprint density at radius 3 is 2.33 bits per heavy atom. The Balaban J connectivity index is 1.84. The molecule has 0 heteroatoms. The van der Waals surface area contributed by atoms with Gasteiger partial charge in [-0.1, -0.05) is 63.4 Å². The number of rotatable bonds is 5. The topological polar surface area (TPSA) is 0 Å². The second-order valence-electron chi connectivity index (χ2n) is 6.45. The number of benzene rings is 1. The molecule has 1 fully saturated rings. The molecule has 0 aliphatic heterocycles. The van der Waals surface area contributed by atoms with Gasteiger partial charge in [0.2, 0.25) is 0 Å². The normalized spacial score (nSPS) is 28.2. The second kappa shape index (κ2) is 6.41. The molecule has 0 saturated heterocycles. The standard InChI is InChI=1S/C18H28/c1-3-4-8-13-18(2)14-11-17(12-15-18)16-9-6-5-7-10-16/h5-7,9-10,17H,3-4,8,11-15H2,1-2H3. The van der Waals surface area contributed by atoms with Gasteiger partial charge in [-0.25, -0.2) is 0 Å². The summed E-state index contributed by atoms with van der Waals surface area (Å²) in [5.74, 6) is 0.824. The van der Waals surface area contributed by atoms with E-state index in [0.29, 0.717) is 5.41 Å². The van der Waals surface area contributed by atoms with E-state index < -0.39 is 0 Å². The largest absolute Gasteiger partial charge is 0.0654 e. The first kappa shape index (κ1) is 13.6. The summed E-state index contributed by atoms with van der Waals surface area (Å²) in [4.78, 5) is 0. The molecule has 0 aromatic heterocycles. The molecule has 2 rings (SSSR count). The van der Waals surface area contributed by atoms with Crippen molar-refractivity contribution in [3.05, 3.63) is 35.9 Å². The van der Waals surface area contributed by atoms with E-state index in [1.165, 1.54) is 51.4 Å². The molecule has 0 spiro atoms. The molecule has 1 aliphatic rings. The van der Waals surface area contributed by atoms with E-state index in [1.807, 2.05) is 0 Å². The summed E-state index contributed by atoms with van der Waals surface area (Å²) in [5, 5.41) is 0. The molecular formula is C18H28. The van der Waals surface area contributed by atoms with Crippen molar-refractivity contribution in [3.8, 4) is 0 Å². The maximum absolute atomic E-state index is 2.52. The first-order chi connectivity index (χ1) is 8.73. The lowest BCUT2D eigenvalue weighted by Crippen LogP contribution is -2.23. The zero-order valence-corrected chi connectivity index (χ0v) is 12.1. The maximum atomic E-state index is 2.52. The van der Waals surface area contributed by atoms with Crippen molar-refractivity contribution in [2.45, 2.75) is 71.1 Å². The summed E-state index contributed by atoms with van der Waals surface area (Å²) in [6.07, 6.45) is 11.3. The average Bonchev–Trinajstić information content (AvgIpc) is 2.41. The number of hydrogen-bond acceptors (Lipinski definition) is 0. The minimum Gasteiger partial charge on any atom is -0.0654 e. The molecule has 18 heavy (non-hydrogen) atoms. The minimum atomic E-state index is 0.639. The van der Waals surface area contributed by atoms with Crippen LogP contribution in [0.5, 0.6) is 0 Å². The molecule has 1 aromatic carbocycles. The van der Waals surface area contributed by atoms with Crippen LogP contribution >= 0.6 is 0 Å². The van der Waals surface area contributed by atoms with Gasteiger partial charge in [0.25, 0.3) is 0 Å². The Morgan fingerprint density at radius 1 is 1.06 bits per heavy atom. The summed E-state index contributed by atoms with van der Waals surface area (Å²) in [5.41, 5.74) is 2.20. The lowest BCUT2D eigenvalue weighted by atomic mass is 9.68. The van der Waals surface area contributed by atoms with Crippen molar-refractivity contribution < 1.29 is 0 Å². The summed E-state index contributed by atoms with van der Waals surface area (Å²) in [6, 6.07) is 11.1. The van der Waals surface area contributed by atoms with Gasteiger partial charge < -0.3 is 0 Å². The lowest BCUT2D eigenvalue weighted by Gasteiger charge is -2.37. The predicted molar refractivity (Wildman–Crippen MR) is 79.9 cm³/mol. The Hall–Kier alpha value is -0.780. The van der Waals surface area contributed by atoms with Gasteiger partial charge in [0.05, 0.1) is 0 Å². The van der Waals surface area contributed by atoms with Crippen LogP contribution in [-0.4, -0.2) is 0 Å². The van der Waals surface area contributed by atoms with Crippen LogP contribution in [0.15, 0.2) is 30.3 Å². The van der Waals surface area contributed by atoms with E-state index in [9.17, 15) is 0 Å². The zero-order chi connectivity index (χ0) is 12.8. The van der Waals surface area contributed by atoms with Gasteiger partial charge in [-0.3, -0.25) is 0 Å². The van der Waals surface area contributed by atoms with Gasteiger partial charge >= 0.3 is 0 Å². The number of hydrogen-bond donors (Lipinski definition) is 0. The van der Waals surface area contributed by atoms with E-state index in [1.54, 1.807) is 5.56 Å².